The molecule has 3 aromatic carbocycles. The van der Waals surface area contributed by atoms with Gasteiger partial charge in [0, 0.05) is 5.56 Å². The number of aliphatic hydroxyl groups excluding tert-OH is 1. The third-order valence-corrected chi connectivity index (χ3v) is 6.40. The predicted molar refractivity (Wildman–Crippen MR) is 112 cm³/mol. The Morgan fingerprint density at radius 3 is 1.89 bits per heavy atom. The maximum absolute atomic E-state index is 10.1. The Balaban J connectivity index is 1.87. The number of aliphatic hydroxyl groups is 1. The van der Waals surface area contributed by atoms with Gasteiger partial charge in [-0.15, -0.1) is 0 Å². The van der Waals surface area contributed by atoms with E-state index in [9.17, 15) is 10.2 Å². The van der Waals surface area contributed by atoms with Crippen molar-refractivity contribution >= 4 is 10.8 Å². The summed E-state index contributed by atoms with van der Waals surface area (Å²) in [5.41, 5.74) is 5.93. The van der Waals surface area contributed by atoms with Crippen LogP contribution in [0.4, 0.5) is 0 Å². The lowest BCUT2D eigenvalue weighted by Gasteiger charge is -2.42. The summed E-state index contributed by atoms with van der Waals surface area (Å²) in [5, 5.41) is 21.9. The van der Waals surface area contributed by atoms with Crippen LogP contribution in [0.25, 0.3) is 21.9 Å². The summed E-state index contributed by atoms with van der Waals surface area (Å²) < 4.78 is 0. The van der Waals surface area contributed by atoms with Crippen LogP contribution in [0.1, 0.15) is 57.2 Å². The molecule has 0 heterocycles. The molecule has 0 aliphatic heterocycles. The van der Waals surface area contributed by atoms with E-state index in [0.29, 0.717) is 5.56 Å². The Hall–Kier alpha value is -2.32. The van der Waals surface area contributed by atoms with Crippen LogP contribution in [0.3, 0.4) is 0 Å². The van der Waals surface area contributed by atoms with E-state index in [-0.39, 0.29) is 23.2 Å². The van der Waals surface area contributed by atoms with Crippen LogP contribution in [-0.2, 0) is 17.4 Å². The van der Waals surface area contributed by atoms with E-state index < -0.39 is 0 Å². The van der Waals surface area contributed by atoms with Crippen molar-refractivity contribution in [2.24, 2.45) is 0 Å². The molecule has 0 saturated carbocycles. The summed E-state index contributed by atoms with van der Waals surface area (Å²) in [4.78, 5) is 0. The van der Waals surface area contributed by atoms with E-state index in [1.54, 1.807) is 12.1 Å². The largest absolute Gasteiger partial charge is 0.508 e. The highest BCUT2D eigenvalue weighted by Crippen LogP contribution is 2.47. The number of aromatic hydroxyl groups is 1. The lowest BCUT2D eigenvalue weighted by atomic mass is 9.63. The number of benzene rings is 3. The second-order valence-corrected chi connectivity index (χ2v) is 9.23. The zero-order valence-electron chi connectivity index (χ0n) is 16.6. The molecule has 4 rings (SSSR count). The van der Waals surface area contributed by atoms with Crippen LogP contribution < -0.4 is 0 Å². The molecule has 3 aromatic rings. The van der Waals surface area contributed by atoms with E-state index in [4.69, 9.17) is 0 Å². The van der Waals surface area contributed by atoms with Gasteiger partial charge in [-0.1, -0.05) is 64.1 Å². The second kappa shape index (κ2) is 6.10. The average Bonchev–Trinajstić information content (AvgIpc) is 2.64. The van der Waals surface area contributed by atoms with E-state index in [1.807, 2.05) is 6.07 Å². The minimum atomic E-state index is -0.152. The molecule has 0 aromatic heterocycles. The molecule has 1 aliphatic carbocycles. The Kier molecular flexibility index (Phi) is 4.08. The van der Waals surface area contributed by atoms with E-state index in [1.165, 1.54) is 34.7 Å². The van der Waals surface area contributed by atoms with E-state index >= 15 is 0 Å². The summed E-state index contributed by atoms with van der Waals surface area (Å²) in [5.74, 6) is 0.142. The lowest BCUT2D eigenvalue weighted by Crippen LogP contribution is -2.33. The second-order valence-electron chi connectivity index (χ2n) is 9.23. The lowest BCUT2D eigenvalue weighted by molar-refractivity contribution is 0.275. The molecular weight excluding hydrogens is 332 g/mol. The Bertz CT molecular complexity index is 1030. The Morgan fingerprint density at radius 2 is 1.30 bits per heavy atom. The fraction of sp³-hybridized carbons (Fsp3) is 0.360. The van der Waals surface area contributed by atoms with Crippen molar-refractivity contribution in [3.63, 3.8) is 0 Å². The van der Waals surface area contributed by atoms with Gasteiger partial charge >= 0.3 is 0 Å². The zero-order chi connectivity index (χ0) is 19.4. The average molecular weight is 360 g/mol. The fourth-order valence-corrected chi connectivity index (χ4v) is 4.37. The van der Waals surface area contributed by atoms with Crippen LogP contribution in [0.15, 0.2) is 48.5 Å². The molecule has 2 heteroatoms. The minimum Gasteiger partial charge on any atom is -0.508 e. The van der Waals surface area contributed by atoms with Gasteiger partial charge in [0.2, 0.25) is 0 Å². The Morgan fingerprint density at radius 1 is 0.741 bits per heavy atom. The molecule has 2 nitrogen and oxygen atoms in total. The molecule has 0 unspecified atom stereocenters. The van der Waals surface area contributed by atoms with Gasteiger partial charge in [-0.25, -0.2) is 0 Å². The highest BCUT2D eigenvalue weighted by Gasteiger charge is 2.37. The molecule has 0 spiro atoms. The molecule has 0 amide bonds. The molecule has 0 fully saturated rings. The number of fused-ring (bicyclic) bond motifs is 2. The number of rotatable bonds is 2. The molecule has 0 radical (unpaired) electrons. The first kappa shape index (κ1) is 18.1. The first-order chi connectivity index (χ1) is 12.7. The van der Waals surface area contributed by atoms with Gasteiger partial charge in [-0.3, -0.25) is 0 Å². The van der Waals surface area contributed by atoms with Crippen molar-refractivity contribution in [2.45, 2.75) is 58.0 Å². The molecule has 0 saturated heterocycles. The van der Waals surface area contributed by atoms with Crippen molar-refractivity contribution in [1.82, 2.24) is 0 Å². The normalized spacial score (nSPS) is 17.7. The van der Waals surface area contributed by atoms with Gasteiger partial charge in [0.25, 0.3) is 0 Å². The van der Waals surface area contributed by atoms with Crippen LogP contribution in [0.2, 0.25) is 0 Å². The van der Waals surface area contributed by atoms with Crippen molar-refractivity contribution in [3.8, 4) is 16.9 Å². The number of hydrogen-bond donors (Lipinski definition) is 2. The van der Waals surface area contributed by atoms with Crippen molar-refractivity contribution in [2.75, 3.05) is 0 Å². The smallest absolute Gasteiger partial charge is 0.121 e. The maximum Gasteiger partial charge on any atom is 0.121 e. The monoisotopic (exact) mass is 360 g/mol. The predicted octanol–water partition coefficient (Wildman–Crippen LogP) is 6.05. The SMILES string of the molecule is CC1(C)CCC(C)(C)c2cc3cc(-c4ccc(CO)c(O)c4)ccc3cc21. The first-order valence-electron chi connectivity index (χ1n) is 9.73. The van der Waals surface area contributed by atoms with Crippen LogP contribution in [-0.4, -0.2) is 10.2 Å². The molecule has 2 N–H and O–H groups in total. The van der Waals surface area contributed by atoms with Gasteiger partial charge in [-0.05, 0) is 68.8 Å². The topological polar surface area (TPSA) is 40.5 Å². The number of phenols is 1. The highest BCUT2D eigenvalue weighted by molar-refractivity contribution is 5.89. The molecule has 27 heavy (non-hydrogen) atoms. The van der Waals surface area contributed by atoms with Crippen LogP contribution in [0, 0.1) is 0 Å². The van der Waals surface area contributed by atoms with E-state index in [0.717, 1.165) is 11.1 Å². The van der Waals surface area contributed by atoms with Gasteiger partial charge in [0.1, 0.15) is 5.75 Å². The quantitative estimate of drug-likeness (QED) is 0.584. The first-order valence-corrected chi connectivity index (χ1v) is 9.73. The minimum absolute atomic E-state index is 0.142. The Labute approximate surface area is 161 Å². The zero-order valence-corrected chi connectivity index (χ0v) is 16.6. The summed E-state index contributed by atoms with van der Waals surface area (Å²) in [6.07, 6.45) is 2.42. The fourth-order valence-electron chi connectivity index (χ4n) is 4.37. The maximum atomic E-state index is 10.1. The van der Waals surface area contributed by atoms with Crippen molar-refractivity contribution < 1.29 is 10.2 Å². The van der Waals surface area contributed by atoms with Gasteiger partial charge in [0.15, 0.2) is 0 Å². The van der Waals surface area contributed by atoms with Crippen LogP contribution in [0.5, 0.6) is 5.75 Å². The summed E-state index contributed by atoms with van der Waals surface area (Å²) in [6, 6.07) is 16.7. The molecule has 0 bridgehead atoms. The third-order valence-electron chi connectivity index (χ3n) is 6.40. The van der Waals surface area contributed by atoms with Crippen LogP contribution >= 0.6 is 0 Å². The molecule has 140 valence electrons. The molecule has 1 aliphatic rings. The summed E-state index contributed by atoms with van der Waals surface area (Å²) >= 11 is 0. The van der Waals surface area contributed by atoms with Crippen molar-refractivity contribution in [1.29, 1.82) is 0 Å². The van der Waals surface area contributed by atoms with Gasteiger partial charge in [-0.2, -0.15) is 0 Å². The standard InChI is InChI=1S/C25H28O2/c1-24(2)9-10-25(3,4)22-13-20-11-16(5-6-17(20)12-21(22)24)18-7-8-19(15-26)23(27)14-18/h5-8,11-14,26-27H,9-10,15H2,1-4H3. The summed E-state index contributed by atoms with van der Waals surface area (Å²) in [6.45, 7) is 9.26. The number of hydrogen-bond acceptors (Lipinski definition) is 2. The highest BCUT2D eigenvalue weighted by atomic mass is 16.3. The van der Waals surface area contributed by atoms with Gasteiger partial charge < -0.3 is 10.2 Å². The third kappa shape index (κ3) is 3.02. The van der Waals surface area contributed by atoms with Crippen molar-refractivity contribution in [3.05, 3.63) is 65.2 Å². The summed E-state index contributed by atoms with van der Waals surface area (Å²) in [7, 11) is 0. The molecule has 0 atom stereocenters. The van der Waals surface area contributed by atoms with E-state index in [2.05, 4.69) is 58.0 Å². The van der Waals surface area contributed by atoms with Gasteiger partial charge in [0.05, 0.1) is 6.61 Å². The molecular formula is C25H28O2.